The number of rotatable bonds is 5. The van der Waals surface area contributed by atoms with Crippen LogP contribution in [0.4, 0.5) is 0 Å². The first kappa shape index (κ1) is 13.1. The van der Waals surface area contributed by atoms with E-state index in [4.69, 9.17) is 4.42 Å². The first-order chi connectivity index (χ1) is 9.15. The topological polar surface area (TPSA) is 59.3 Å². The molecule has 0 spiro atoms. The molecule has 0 radical (unpaired) electrons. The second-order valence-corrected chi connectivity index (χ2v) is 4.24. The molecule has 98 valence electrons. The Morgan fingerprint density at radius 1 is 1.05 bits per heavy atom. The monoisotopic (exact) mass is 257 g/mol. The van der Waals surface area contributed by atoms with Crippen molar-refractivity contribution < 1.29 is 14.0 Å². The molecule has 4 nitrogen and oxygen atoms in total. The van der Waals surface area contributed by atoms with Crippen molar-refractivity contribution >= 4 is 11.7 Å². The van der Waals surface area contributed by atoms with Gasteiger partial charge in [-0.3, -0.25) is 9.59 Å². The maximum atomic E-state index is 12.0. The van der Waals surface area contributed by atoms with E-state index in [9.17, 15) is 9.59 Å². The van der Waals surface area contributed by atoms with Gasteiger partial charge >= 0.3 is 0 Å². The summed E-state index contributed by atoms with van der Waals surface area (Å²) >= 11 is 0. The average Bonchev–Trinajstić information content (AvgIpc) is 2.85. The van der Waals surface area contributed by atoms with Crippen LogP contribution in [0.15, 0.2) is 46.9 Å². The van der Waals surface area contributed by atoms with Crippen LogP contribution in [0.1, 0.15) is 28.8 Å². The van der Waals surface area contributed by atoms with Gasteiger partial charge in [-0.25, -0.2) is 0 Å². The van der Waals surface area contributed by atoms with E-state index in [-0.39, 0.29) is 18.1 Å². The van der Waals surface area contributed by atoms with Gasteiger partial charge in [0.1, 0.15) is 11.5 Å². The minimum Gasteiger partial charge on any atom is -0.464 e. The maximum absolute atomic E-state index is 12.0. The summed E-state index contributed by atoms with van der Waals surface area (Å²) in [6, 6.07) is 12.6. The van der Waals surface area contributed by atoms with Crippen LogP contribution in [0.25, 0.3) is 0 Å². The van der Waals surface area contributed by atoms with Crippen LogP contribution in [-0.2, 0) is 17.8 Å². The molecule has 1 aromatic heterocycles. The Balaban J connectivity index is 1.96. The van der Waals surface area contributed by atoms with Crippen molar-refractivity contribution in [2.45, 2.75) is 19.9 Å². The van der Waals surface area contributed by atoms with Gasteiger partial charge in [0.05, 0.1) is 13.0 Å². The Bertz CT molecular complexity index is 572. The van der Waals surface area contributed by atoms with Crippen LogP contribution < -0.4 is 5.32 Å². The van der Waals surface area contributed by atoms with E-state index in [1.165, 1.54) is 6.92 Å². The van der Waals surface area contributed by atoms with Crippen LogP contribution in [0.2, 0.25) is 0 Å². The number of Topliss-reactive ketones (excluding diaryl/α,β-unsaturated/α-hetero) is 1. The molecule has 0 saturated heterocycles. The number of nitrogens with one attached hydrogen (secondary N) is 1. The van der Waals surface area contributed by atoms with Crippen molar-refractivity contribution in [3.63, 3.8) is 0 Å². The number of hydrogen-bond acceptors (Lipinski definition) is 3. The van der Waals surface area contributed by atoms with Gasteiger partial charge in [0.2, 0.25) is 5.91 Å². The molecule has 1 N–H and O–H groups in total. The number of amides is 1. The Morgan fingerprint density at radius 2 is 1.74 bits per heavy atom. The highest BCUT2D eigenvalue weighted by Crippen LogP contribution is 2.11. The predicted molar refractivity (Wildman–Crippen MR) is 70.7 cm³/mol. The molecule has 19 heavy (non-hydrogen) atoms. The second-order valence-electron chi connectivity index (χ2n) is 4.24. The number of furan rings is 1. The molecule has 0 aliphatic rings. The lowest BCUT2D eigenvalue weighted by Crippen LogP contribution is -2.18. The third-order valence-corrected chi connectivity index (χ3v) is 2.66. The van der Waals surface area contributed by atoms with Gasteiger partial charge in [-0.2, -0.15) is 0 Å². The van der Waals surface area contributed by atoms with Gasteiger partial charge in [0, 0.05) is 12.5 Å². The minimum absolute atomic E-state index is 0.0148. The quantitative estimate of drug-likeness (QED) is 0.836. The standard InChI is InChI=1S/C15H15NO3/c1-11(17)16-10-14-8-7-13(19-14)9-15(18)12-5-3-2-4-6-12/h2-8H,9-10H2,1H3,(H,16,17). The number of benzene rings is 1. The first-order valence-electron chi connectivity index (χ1n) is 6.05. The summed E-state index contributed by atoms with van der Waals surface area (Å²) in [4.78, 5) is 22.7. The molecule has 0 fully saturated rings. The summed E-state index contributed by atoms with van der Waals surface area (Å²) in [7, 11) is 0. The van der Waals surface area contributed by atoms with Crippen molar-refractivity contribution in [1.82, 2.24) is 5.32 Å². The molecule has 0 bridgehead atoms. The lowest BCUT2D eigenvalue weighted by molar-refractivity contribution is -0.119. The van der Waals surface area contributed by atoms with Crippen molar-refractivity contribution in [2.24, 2.45) is 0 Å². The van der Waals surface area contributed by atoms with Crippen LogP contribution in [0.5, 0.6) is 0 Å². The molecular weight excluding hydrogens is 242 g/mol. The third kappa shape index (κ3) is 3.81. The predicted octanol–water partition coefficient (Wildman–Crippen LogP) is 2.34. The Kier molecular flexibility index (Phi) is 4.13. The molecule has 0 unspecified atom stereocenters. The normalized spacial score (nSPS) is 10.2. The average molecular weight is 257 g/mol. The molecule has 0 saturated carbocycles. The highest BCUT2D eigenvalue weighted by molar-refractivity contribution is 5.97. The van der Waals surface area contributed by atoms with E-state index < -0.39 is 0 Å². The molecular formula is C15H15NO3. The fourth-order valence-corrected chi connectivity index (χ4v) is 1.71. The molecule has 0 aliphatic heterocycles. The number of carbonyl (C=O) groups is 2. The molecule has 1 aromatic carbocycles. The molecule has 0 atom stereocenters. The van der Waals surface area contributed by atoms with Gasteiger partial charge in [-0.15, -0.1) is 0 Å². The zero-order valence-electron chi connectivity index (χ0n) is 10.7. The fourth-order valence-electron chi connectivity index (χ4n) is 1.71. The Morgan fingerprint density at radius 3 is 2.42 bits per heavy atom. The van der Waals surface area contributed by atoms with Gasteiger partial charge in [-0.05, 0) is 12.1 Å². The van der Waals surface area contributed by atoms with Gasteiger partial charge in [-0.1, -0.05) is 30.3 Å². The molecule has 2 aromatic rings. The van der Waals surface area contributed by atoms with Crippen molar-refractivity contribution in [3.8, 4) is 0 Å². The van der Waals surface area contributed by atoms with Gasteiger partial charge in [0.15, 0.2) is 5.78 Å². The molecule has 1 heterocycles. The van der Waals surface area contributed by atoms with E-state index in [1.807, 2.05) is 18.2 Å². The summed E-state index contributed by atoms with van der Waals surface area (Å²) in [5.41, 5.74) is 0.669. The lowest BCUT2D eigenvalue weighted by atomic mass is 10.1. The SMILES string of the molecule is CC(=O)NCc1ccc(CC(=O)c2ccccc2)o1. The molecule has 0 aliphatic carbocycles. The van der Waals surface area contributed by atoms with E-state index in [0.29, 0.717) is 23.6 Å². The maximum Gasteiger partial charge on any atom is 0.217 e. The molecule has 4 heteroatoms. The zero-order chi connectivity index (χ0) is 13.7. The van der Waals surface area contributed by atoms with Gasteiger partial charge < -0.3 is 9.73 Å². The largest absolute Gasteiger partial charge is 0.464 e. The van der Waals surface area contributed by atoms with Crippen molar-refractivity contribution in [1.29, 1.82) is 0 Å². The van der Waals surface area contributed by atoms with Crippen molar-refractivity contribution in [2.75, 3.05) is 0 Å². The number of ketones is 1. The Hall–Kier alpha value is -2.36. The minimum atomic E-state index is -0.113. The third-order valence-electron chi connectivity index (χ3n) is 2.66. The van der Waals surface area contributed by atoms with Crippen LogP contribution in [0.3, 0.4) is 0 Å². The smallest absolute Gasteiger partial charge is 0.217 e. The van der Waals surface area contributed by atoms with E-state index in [1.54, 1.807) is 24.3 Å². The first-order valence-corrected chi connectivity index (χ1v) is 6.05. The second kappa shape index (κ2) is 6.00. The number of hydrogen-bond donors (Lipinski definition) is 1. The number of carbonyl (C=O) groups excluding carboxylic acids is 2. The molecule has 2 rings (SSSR count). The summed E-state index contributed by atoms with van der Waals surface area (Å²) < 4.78 is 5.49. The zero-order valence-corrected chi connectivity index (χ0v) is 10.7. The highest BCUT2D eigenvalue weighted by Gasteiger charge is 2.10. The summed E-state index contributed by atoms with van der Waals surface area (Å²) in [6.07, 6.45) is 0.226. The summed E-state index contributed by atoms with van der Waals surface area (Å²) in [5, 5.41) is 2.64. The van der Waals surface area contributed by atoms with E-state index >= 15 is 0 Å². The summed E-state index contributed by atoms with van der Waals surface area (Å²) in [6.45, 7) is 1.79. The Labute approximate surface area is 111 Å². The fraction of sp³-hybridized carbons (Fsp3) is 0.200. The van der Waals surface area contributed by atoms with E-state index in [0.717, 1.165) is 0 Å². The lowest BCUT2D eigenvalue weighted by Gasteiger charge is -1.99. The molecule has 1 amide bonds. The van der Waals surface area contributed by atoms with Crippen LogP contribution >= 0.6 is 0 Å². The van der Waals surface area contributed by atoms with Crippen molar-refractivity contribution in [3.05, 3.63) is 59.5 Å². The van der Waals surface area contributed by atoms with Crippen LogP contribution in [0, 0.1) is 0 Å². The van der Waals surface area contributed by atoms with Crippen LogP contribution in [-0.4, -0.2) is 11.7 Å². The van der Waals surface area contributed by atoms with Gasteiger partial charge in [0.25, 0.3) is 0 Å². The van der Waals surface area contributed by atoms with E-state index in [2.05, 4.69) is 5.32 Å². The summed E-state index contributed by atoms with van der Waals surface area (Å²) in [5.74, 6) is 1.15. The highest BCUT2D eigenvalue weighted by atomic mass is 16.3.